The van der Waals surface area contributed by atoms with Crippen LogP contribution in [0.25, 0.3) is 0 Å². The number of aliphatic hydroxyl groups is 1. The van der Waals surface area contributed by atoms with E-state index in [2.05, 4.69) is 5.32 Å². The van der Waals surface area contributed by atoms with Gasteiger partial charge in [-0.3, -0.25) is 0 Å². The number of ether oxygens (including phenoxy) is 2. The second kappa shape index (κ2) is 6.78. The largest absolute Gasteiger partial charge is 0.497 e. The number of rotatable bonds is 6. The van der Waals surface area contributed by atoms with Gasteiger partial charge in [-0.05, 0) is 24.8 Å². The van der Waals surface area contributed by atoms with E-state index in [1.165, 1.54) is 0 Å². The highest BCUT2D eigenvalue weighted by atomic mass is 16.5. The molecule has 0 radical (unpaired) electrons. The van der Waals surface area contributed by atoms with E-state index in [-0.39, 0.29) is 6.10 Å². The molecule has 4 heteroatoms. The van der Waals surface area contributed by atoms with Gasteiger partial charge in [0.2, 0.25) is 0 Å². The third-order valence-electron chi connectivity index (χ3n) is 3.84. The van der Waals surface area contributed by atoms with Gasteiger partial charge in [-0.1, -0.05) is 12.5 Å². The Morgan fingerprint density at radius 2 is 2.11 bits per heavy atom. The van der Waals surface area contributed by atoms with Crippen LogP contribution in [0, 0.1) is 5.92 Å². The van der Waals surface area contributed by atoms with Gasteiger partial charge in [0.1, 0.15) is 11.5 Å². The zero-order chi connectivity index (χ0) is 13.7. The molecule has 2 N–H and O–H groups in total. The van der Waals surface area contributed by atoms with Crippen LogP contribution in [0.3, 0.4) is 0 Å². The molecular formula is C15H23NO3. The lowest BCUT2D eigenvalue weighted by atomic mass is 10.1. The summed E-state index contributed by atoms with van der Waals surface area (Å²) in [5.74, 6) is 2.02. The fraction of sp³-hybridized carbons (Fsp3) is 0.600. The van der Waals surface area contributed by atoms with Crippen LogP contribution in [0.4, 0.5) is 0 Å². The normalized spacial score (nSPS) is 22.5. The van der Waals surface area contributed by atoms with Gasteiger partial charge >= 0.3 is 0 Å². The summed E-state index contributed by atoms with van der Waals surface area (Å²) in [5, 5.41) is 13.2. The highest BCUT2D eigenvalue weighted by molar-refractivity contribution is 5.40. The van der Waals surface area contributed by atoms with Gasteiger partial charge in [0, 0.05) is 24.7 Å². The molecule has 1 aromatic rings. The molecule has 0 heterocycles. The summed E-state index contributed by atoms with van der Waals surface area (Å²) >= 11 is 0. The maximum atomic E-state index is 9.77. The Bertz CT molecular complexity index is 408. The minimum absolute atomic E-state index is 0.134. The standard InChI is InChI=1S/C15H23NO3/c1-18-13-7-6-12(15(8-13)19-2)10-16-9-11-4-3-5-14(11)17/h6-8,11,14,16-17H,3-5,9-10H2,1-2H3. The predicted octanol–water partition coefficient (Wildman–Crippen LogP) is 1.95. The van der Waals surface area contributed by atoms with Gasteiger partial charge in [-0.25, -0.2) is 0 Å². The molecule has 0 aromatic heterocycles. The van der Waals surface area contributed by atoms with Crippen LogP contribution >= 0.6 is 0 Å². The summed E-state index contributed by atoms with van der Waals surface area (Å²) in [5.41, 5.74) is 1.11. The van der Waals surface area contributed by atoms with Crippen molar-refractivity contribution < 1.29 is 14.6 Å². The van der Waals surface area contributed by atoms with E-state index >= 15 is 0 Å². The molecule has 2 unspecified atom stereocenters. The second-order valence-corrected chi connectivity index (χ2v) is 5.07. The zero-order valence-corrected chi connectivity index (χ0v) is 11.7. The molecule has 0 amide bonds. The number of aliphatic hydroxyl groups excluding tert-OH is 1. The molecule has 0 saturated heterocycles. The molecule has 2 rings (SSSR count). The van der Waals surface area contributed by atoms with Gasteiger partial charge in [-0.2, -0.15) is 0 Å². The van der Waals surface area contributed by atoms with E-state index in [1.54, 1.807) is 14.2 Å². The quantitative estimate of drug-likeness (QED) is 0.825. The predicted molar refractivity (Wildman–Crippen MR) is 74.6 cm³/mol. The van der Waals surface area contributed by atoms with Crippen LogP contribution in [0.5, 0.6) is 11.5 Å². The first kappa shape index (κ1) is 14.2. The van der Waals surface area contributed by atoms with Gasteiger partial charge in [-0.15, -0.1) is 0 Å². The van der Waals surface area contributed by atoms with E-state index < -0.39 is 0 Å². The van der Waals surface area contributed by atoms with Crippen LogP contribution in [-0.2, 0) is 6.54 Å². The lowest BCUT2D eigenvalue weighted by Gasteiger charge is -2.16. The molecule has 106 valence electrons. The fourth-order valence-electron chi connectivity index (χ4n) is 2.65. The van der Waals surface area contributed by atoms with E-state index in [0.717, 1.165) is 49.4 Å². The van der Waals surface area contributed by atoms with Gasteiger partial charge in [0.05, 0.1) is 20.3 Å². The Labute approximate surface area is 114 Å². The number of hydrogen-bond donors (Lipinski definition) is 2. The summed E-state index contributed by atoms with van der Waals surface area (Å²) < 4.78 is 10.5. The molecule has 19 heavy (non-hydrogen) atoms. The molecule has 4 nitrogen and oxygen atoms in total. The summed E-state index contributed by atoms with van der Waals surface area (Å²) in [6, 6.07) is 5.83. The monoisotopic (exact) mass is 265 g/mol. The van der Waals surface area contributed by atoms with Crippen molar-refractivity contribution in [1.29, 1.82) is 0 Å². The van der Waals surface area contributed by atoms with Crippen molar-refractivity contribution in [3.8, 4) is 11.5 Å². The first-order chi connectivity index (χ1) is 9.24. The SMILES string of the molecule is COc1ccc(CNCC2CCCC2O)c(OC)c1. The Balaban J connectivity index is 1.88. The highest BCUT2D eigenvalue weighted by Crippen LogP contribution is 2.26. The minimum atomic E-state index is -0.134. The topological polar surface area (TPSA) is 50.7 Å². The summed E-state index contributed by atoms with van der Waals surface area (Å²) in [6.07, 6.45) is 3.07. The van der Waals surface area contributed by atoms with E-state index in [1.807, 2.05) is 18.2 Å². The molecule has 0 aliphatic heterocycles. The van der Waals surface area contributed by atoms with Crippen LogP contribution in [0.1, 0.15) is 24.8 Å². The average molecular weight is 265 g/mol. The molecule has 1 fully saturated rings. The lowest BCUT2D eigenvalue weighted by molar-refractivity contribution is 0.131. The van der Waals surface area contributed by atoms with Gasteiger partial charge in [0.15, 0.2) is 0 Å². The molecule has 1 aliphatic rings. The molecule has 1 aliphatic carbocycles. The molecular weight excluding hydrogens is 242 g/mol. The second-order valence-electron chi connectivity index (χ2n) is 5.07. The zero-order valence-electron chi connectivity index (χ0n) is 11.7. The highest BCUT2D eigenvalue weighted by Gasteiger charge is 2.24. The van der Waals surface area contributed by atoms with Crippen LogP contribution < -0.4 is 14.8 Å². The van der Waals surface area contributed by atoms with Gasteiger partial charge < -0.3 is 19.9 Å². The van der Waals surface area contributed by atoms with E-state index in [4.69, 9.17) is 9.47 Å². The number of nitrogens with one attached hydrogen (secondary N) is 1. The van der Waals surface area contributed by atoms with Crippen LogP contribution in [0.15, 0.2) is 18.2 Å². The van der Waals surface area contributed by atoms with E-state index in [0.29, 0.717) is 5.92 Å². The van der Waals surface area contributed by atoms with Crippen molar-refractivity contribution in [2.24, 2.45) is 5.92 Å². The number of benzene rings is 1. The molecule has 0 bridgehead atoms. The molecule has 2 atom stereocenters. The number of hydrogen-bond acceptors (Lipinski definition) is 4. The smallest absolute Gasteiger partial charge is 0.127 e. The van der Waals surface area contributed by atoms with Crippen LogP contribution in [-0.4, -0.2) is 32.0 Å². The van der Waals surface area contributed by atoms with Crippen molar-refractivity contribution in [3.63, 3.8) is 0 Å². The van der Waals surface area contributed by atoms with Crippen molar-refractivity contribution >= 4 is 0 Å². The van der Waals surface area contributed by atoms with E-state index in [9.17, 15) is 5.11 Å². The first-order valence-corrected chi connectivity index (χ1v) is 6.84. The number of methoxy groups -OCH3 is 2. The molecule has 1 aromatic carbocycles. The fourth-order valence-corrected chi connectivity index (χ4v) is 2.65. The summed E-state index contributed by atoms with van der Waals surface area (Å²) in [7, 11) is 3.31. The minimum Gasteiger partial charge on any atom is -0.497 e. The van der Waals surface area contributed by atoms with Crippen molar-refractivity contribution in [3.05, 3.63) is 23.8 Å². The Kier molecular flexibility index (Phi) is 5.05. The molecule has 1 saturated carbocycles. The van der Waals surface area contributed by atoms with Crippen LogP contribution in [0.2, 0.25) is 0 Å². The maximum absolute atomic E-state index is 9.77. The average Bonchev–Trinajstić information content (AvgIpc) is 2.84. The molecule has 0 spiro atoms. The first-order valence-electron chi connectivity index (χ1n) is 6.84. The Morgan fingerprint density at radius 1 is 1.26 bits per heavy atom. The van der Waals surface area contributed by atoms with Crippen molar-refractivity contribution in [1.82, 2.24) is 5.32 Å². The lowest BCUT2D eigenvalue weighted by Crippen LogP contribution is -2.27. The summed E-state index contributed by atoms with van der Waals surface area (Å²) in [4.78, 5) is 0. The van der Waals surface area contributed by atoms with Crippen molar-refractivity contribution in [2.75, 3.05) is 20.8 Å². The third kappa shape index (κ3) is 3.61. The Hall–Kier alpha value is -1.26. The van der Waals surface area contributed by atoms with Gasteiger partial charge in [0.25, 0.3) is 0 Å². The van der Waals surface area contributed by atoms with Crippen molar-refractivity contribution in [2.45, 2.75) is 31.9 Å². The maximum Gasteiger partial charge on any atom is 0.127 e. The third-order valence-corrected chi connectivity index (χ3v) is 3.84. The summed E-state index contributed by atoms with van der Waals surface area (Å²) in [6.45, 7) is 1.60. The Morgan fingerprint density at radius 3 is 2.74 bits per heavy atom.